The molecular weight excluding hydrogens is 336 g/mol. The Labute approximate surface area is 150 Å². The van der Waals surface area contributed by atoms with Crippen LogP contribution in [0.25, 0.3) is 0 Å². The number of benzene rings is 1. The molecule has 1 saturated heterocycles. The summed E-state index contributed by atoms with van der Waals surface area (Å²) < 4.78 is 33.3. The lowest BCUT2D eigenvalue weighted by Gasteiger charge is -2.31. The van der Waals surface area contributed by atoms with Crippen molar-refractivity contribution in [1.82, 2.24) is 9.62 Å². The third kappa shape index (κ3) is 4.71. The van der Waals surface area contributed by atoms with E-state index in [1.54, 1.807) is 12.3 Å². The molecular formula is C19H26N2O3S. The van der Waals surface area contributed by atoms with E-state index in [2.05, 4.69) is 9.62 Å². The van der Waals surface area contributed by atoms with Gasteiger partial charge in [-0.15, -0.1) is 0 Å². The van der Waals surface area contributed by atoms with Gasteiger partial charge in [-0.1, -0.05) is 17.7 Å². The van der Waals surface area contributed by atoms with Crippen molar-refractivity contribution in [1.29, 1.82) is 0 Å². The van der Waals surface area contributed by atoms with E-state index in [1.807, 2.05) is 38.1 Å². The maximum Gasteiger partial charge on any atom is 0.240 e. The van der Waals surface area contributed by atoms with E-state index in [0.29, 0.717) is 17.4 Å². The molecule has 1 aromatic heterocycles. The van der Waals surface area contributed by atoms with Gasteiger partial charge in [0.05, 0.1) is 17.7 Å². The zero-order valence-electron chi connectivity index (χ0n) is 14.9. The summed E-state index contributed by atoms with van der Waals surface area (Å²) in [5, 5.41) is 0. The van der Waals surface area contributed by atoms with Crippen molar-refractivity contribution >= 4 is 10.0 Å². The molecule has 1 N–H and O–H groups in total. The predicted octanol–water partition coefficient (Wildman–Crippen LogP) is 3.09. The summed E-state index contributed by atoms with van der Waals surface area (Å²) in [7, 11) is -3.44. The number of hydrogen-bond donors (Lipinski definition) is 1. The smallest absolute Gasteiger partial charge is 0.240 e. The summed E-state index contributed by atoms with van der Waals surface area (Å²) in [6.07, 6.45) is 3.69. The fraction of sp³-hybridized carbons (Fsp3) is 0.474. The molecule has 25 heavy (non-hydrogen) atoms. The normalized spacial score (nSPS) is 17.0. The fourth-order valence-corrected chi connectivity index (χ4v) is 4.72. The molecule has 0 amide bonds. The van der Waals surface area contributed by atoms with Crippen molar-refractivity contribution in [2.24, 2.45) is 5.92 Å². The molecule has 1 aliphatic heterocycles. The first kappa shape index (κ1) is 18.2. The number of rotatable bonds is 6. The van der Waals surface area contributed by atoms with Crippen molar-refractivity contribution in [3.63, 3.8) is 0 Å². The third-order valence-electron chi connectivity index (χ3n) is 4.85. The highest BCUT2D eigenvalue weighted by Gasteiger charge is 2.23. The van der Waals surface area contributed by atoms with E-state index >= 15 is 0 Å². The predicted molar refractivity (Wildman–Crippen MR) is 97.8 cm³/mol. The number of furan rings is 1. The zero-order valence-corrected chi connectivity index (χ0v) is 15.7. The number of hydrogen-bond acceptors (Lipinski definition) is 4. The van der Waals surface area contributed by atoms with Crippen LogP contribution in [0.1, 0.15) is 29.7 Å². The van der Waals surface area contributed by atoms with Gasteiger partial charge in [-0.3, -0.25) is 4.90 Å². The molecule has 1 aromatic carbocycles. The minimum absolute atomic E-state index is 0.383. The standard InChI is InChI=1S/C19H26N2O3S/c1-15-5-6-19(16(2)12-15)25(22,23)20-13-17-7-9-21(10-8-17)14-18-4-3-11-24-18/h3-6,11-12,17,20H,7-10,13-14H2,1-2H3. The summed E-state index contributed by atoms with van der Waals surface area (Å²) >= 11 is 0. The van der Waals surface area contributed by atoms with Gasteiger partial charge in [0.25, 0.3) is 0 Å². The van der Waals surface area contributed by atoms with Crippen LogP contribution in [0, 0.1) is 19.8 Å². The third-order valence-corrected chi connectivity index (χ3v) is 6.43. The zero-order chi connectivity index (χ0) is 17.9. The molecule has 1 fully saturated rings. The van der Waals surface area contributed by atoms with Gasteiger partial charge in [0.15, 0.2) is 0 Å². The first-order valence-corrected chi connectivity index (χ1v) is 10.2. The fourth-order valence-electron chi connectivity index (χ4n) is 3.38. The molecule has 0 aliphatic carbocycles. The number of nitrogens with zero attached hydrogens (tertiary/aromatic N) is 1. The molecule has 6 heteroatoms. The first-order chi connectivity index (χ1) is 11.9. The topological polar surface area (TPSA) is 62.6 Å². The maximum atomic E-state index is 12.5. The number of nitrogens with one attached hydrogen (secondary N) is 1. The van der Waals surface area contributed by atoms with Crippen LogP contribution in [0.2, 0.25) is 0 Å². The summed E-state index contributed by atoms with van der Waals surface area (Å²) in [5.41, 5.74) is 1.86. The summed E-state index contributed by atoms with van der Waals surface area (Å²) in [4.78, 5) is 2.74. The van der Waals surface area contributed by atoms with Crippen LogP contribution in [0.5, 0.6) is 0 Å². The average Bonchev–Trinajstić information content (AvgIpc) is 3.07. The molecule has 0 spiro atoms. The second-order valence-electron chi connectivity index (χ2n) is 6.92. The van der Waals surface area contributed by atoms with Crippen LogP contribution in [-0.2, 0) is 16.6 Å². The van der Waals surface area contributed by atoms with Gasteiger partial charge < -0.3 is 4.42 Å². The lowest BCUT2D eigenvalue weighted by Crippen LogP contribution is -2.38. The second-order valence-corrected chi connectivity index (χ2v) is 8.66. The Bertz CT molecular complexity index is 792. The highest BCUT2D eigenvalue weighted by molar-refractivity contribution is 7.89. The number of sulfonamides is 1. The summed E-state index contributed by atoms with van der Waals surface area (Å²) in [6, 6.07) is 9.34. The SMILES string of the molecule is Cc1ccc(S(=O)(=O)NCC2CCN(Cc3ccco3)CC2)c(C)c1. The Morgan fingerprint density at radius 2 is 1.96 bits per heavy atom. The Kier molecular flexibility index (Phi) is 5.61. The molecule has 0 atom stereocenters. The van der Waals surface area contributed by atoms with Gasteiger partial charge in [-0.25, -0.2) is 13.1 Å². The van der Waals surface area contributed by atoms with E-state index in [4.69, 9.17) is 4.42 Å². The molecule has 1 aliphatic rings. The Hall–Kier alpha value is -1.63. The van der Waals surface area contributed by atoms with E-state index < -0.39 is 10.0 Å². The van der Waals surface area contributed by atoms with E-state index in [-0.39, 0.29) is 0 Å². The minimum atomic E-state index is -3.44. The van der Waals surface area contributed by atoms with E-state index in [9.17, 15) is 8.42 Å². The molecule has 0 radical (unpaired) electrons. The quantitative estimate of drug-likeness (QED) is 0.858. The Balaban J connectivity index is 1.50. The van der Waals surface area contributed by atoms with Crippen molar-refractivity contribution in [2.75, 3.05) is 19.6 Å². The first-order valence-electron chi connectivity index (χ1n) is 8.76. The van der Waals surface area contributed by atoms with Crippen molar-refractivity contribution in [2.45, 2.75) is 38.1 Å². The highest BCUT2D eigenvalue weighted by atomic mass is 32.2. The van der Waals surface area contributed by atoms with Crippen LogP contribution >= 0.6 is 0 Å². The molecule has 0 bridgehead atoms. The highest BCUT2D eigenvalue weighted by Crippen LogP contribution is 2.20. The van der Waals surface area contributed by atoms with Crippen LogP contribution in [0.4, 0.5) is 0 Å². The summed E-state index contributed by atoms with van der Waals surface area (Å²) in [5.74, 6) is 1.36. The minimum Gasteiger partial charge on any atom is -0.468 e. The lowest BCUT2D eigenvalue weighted by atomic mass is 9.97. The molecule has 2 aromatic rings. The van der Waals surface area contributed by atoms with Gasteiger partial charge in [0.1, 0.15) is 5.76 Å². The molecule has 3 rings (SSSR count). The number of aryl methyl sites for hydroxylation is 2. The van der Waals surface area contributed by atoms with Crippen LogP contribution in [0.3, 0.4) is 0 Å². The summed E-state index contributed by atoms with van der Waals surface area (Å²) in [6.45, 7) is 7.08. The van der Waals surface area contributed by atoms with Crippen LogP contribution in [0.15, 0.2) is 45.9 Å². The van der Waals surface area contributed by atoms with Crippen LogP contribution < -0.4 is 4.72 Å². The van der Waals surface area contributed by atoms with Gasteiger partial charge in [-0.05, 0) is 69.5 Å². The van der Waals surface area contributed by atoms with Crippen molar-refractivity contribution in [3.05, 3.63) is 53.5 Å². The van der Waals surface area contributed by atoms with Crippen molar-refractivity contribution in [3.8, 4) is 0 Å². The van der Waals surface area contributed by atoms with Crippen molar-refractivity contribution < 1.29 is 12.8 Å². The number of likely N-dealkylation sites (tertiary alicyclic amines) is 1. The Morgan fingerprint density at radius 1 is 1.20 bits per heavy atom. The molecule has 5 nitrogen and oxygen atoms in total. The average molecular weight is 362 g/mol. The molecule has 136 valence electrons. The van der Waals surface area contributed by atoms with E-state index in [1.165, 1.54) is 0 Å². The molecule has 2 heterocycles. The van der Waals surface area contributed by atoms with Crippen LogP contribution in [-0.4, -0.2) is 33.0 Å². The van der Waals surface area contributed by atoms with Gasteiger partial charge >= 0.3 is 0 Å². The van der Waals surface area contributed by atoms with Gasteiger partial charge in [0.2, 0.25) is 10.0 Å². The largest absolute Gasteiger partial charge is 0.468 e. The lowest BCUT2D eigenvalue weighted by molar-refractivity contribution is 0.168. The molecule has 0 saturated carbocycles. The number of piperidine rings is 1. The maximum absolute atomic E-state index is 12.5. The van der Waals surface area contributed by atoms with Gasteiger partial charge in [-0.2, -0.15) is 0 Å². The monoisotopic (exact) mass is 362 g/mol. The molecule has 0 unspecified atom stereocenters. The van der Waals surface area contributed by atoms with Gasteiger partial charge in [0, 0.05) is 6.54 Å². The van der Waals surface area contributed by atoms with E-state index in [0.717, 1.165) is 49.4 Å². The second kappa shape index (κ2) is 7.72. The Morgan fingerprint density at radius 3 is 2.60 bits per heavy atom.